The number of fused-ring (bicyclic) bond motifs is 1. The van der Waals surface area contributed by atoms with Crippen LogP contribution in [0.25, 0.3) is 0 Å². The molecule has 6 atom stereocenters. The minimum Gasteiger partial charge on any atom is -0.396 e. The minimum absolute atomic E-state index is 0.0324. The summed E-state index contributed by atoms with van der Waals surface area (Å²) in [4.78, 5) is 42.8. The first kappa shape index (κ1) is 27.0. The van der Waals surface area contributed by atoms with E-state index in [0.29, 0.717) is 13.1 Å². The molecule has 0 aromatic heterocycles. The van der Waals surface area contributed by atoms with Gasteiger partial charge < -0.3 is 20.6 Å². The van der Waals surface area contributed by atoms with Crippen molar-refractivity contribution in [3.05, 3.63) is 35.9 Å². The SMILES string of the molecule is CCCC(C)NC(=O)C1N(CCCCCCO)C(=O)[C@@H]2[C@H](C(=O)NCc3ccccc3)[C@@H]3CCC12S3. The molecule has 1 aromatic rings. The van der Waals surface area contributed by atoms with Crippen LogP contribution in [0.4, 0.5) is 0 Å². The molecule has 3 amide bonds. The summed E-state index contributed by atoms with van der Waals surface area (Å²) in [6.45, 7) is 5.25. The fraction of sp³-hybridized carbons (Fsp3) is 0.679. The molecule has 3 fully saturated rings. The molecule has 1 spiro atoms. The van der Waals surface area contributed by atoms with E-state index in [0.717, 1.165) is 56.9 Å². The molecule has 3 saturated heterocycles. The highest BCUT2D eigenvalue weighted by molar-refractivity contribution is 8.02. The first-order chi connectivity index (χ1) is 17.4. The van der Waals surface area contributed by atoms with Crippen LogP contribution in [0.2, 0.25) is 0 Å². The maximum absolute atomic E-state index is 13.9. The molecule has 3 N–H and O–H groups in total. The highest BCUT2D eigenvalue weighted by atomic mass is 32.2. The van der Waals surface area contributed by atoms with E-state index in [9.17, 15) is 14.4 Å². The Morgan fingerprint density at radius 2 is 1.92 bits per heavy atom. The van der Waals surface area contributed by atoms with Gasteiger partial charge in [-0.3, -0.25) is 14.4 Å². The Balaban J connectivity index is 1.53. The molecule has 0 radical (unpaired) electrons. The number of unbranched alkanes of at least 4 members (excludes halogenated alkanes) is 3. The van der Waals surface area contributed by atoms with Crippen molar-refractivity contribution in [1.29, 1.82) is 0 Å². The zero-order valence-corrected chi connectivity index (χ0v) is 22.4. The molecular weight excluding hydrogens is 474 g/mol. The van der Waals surface area contributed by atoms with Crippen molar-refractivity contribution >= 4 is 29.5 Å². The lowest BCUT2D eigenvalue weighted by Gasteiger charge is -2.35. The number of likely N-dealkylation sites (tertiary alicyclic amines) is 1. The second kappa shape index (κ2) is 12.0. The van der Waals surface area contributed by atoms with Gasteiger partial charge in [0.2, 0.25) is 17.7 Å². The van der Waals surface area contributed by atoms with Crippen LogP contribution in [0.15, 0.2) is 30.3 Å². The number of hydrogen-bond acceptors (Lipinski definition) is 5. The van der Waals surface area contributed by atoms with Gasteiger partial charge in [0.1, 0.15) is 6.04 Å². The van der Waals surface area contributed by atoms with E-state index in [2.05, 4.69) is 17.6 Å². The summed E-state index contributed by atoms with van der Waals surface area (Å²) in [5, 5.41) is 15.4. The van der Waals surface area contributed by atoms with Gasteiger partial charge in [0.15, 0.2) is 0 Å². The smallest absolute Gasteiger partial charge is 0.244 e. The molecule has 1 aromatic carbocycles. The fourth-order valence-corrected chi connectivity index (χ4v) is 8.69. The average Bonchev–Trinajstić information content (AvgIpc) is 3.50. The van der Waals surface area contributed by atoms with Crippen molar-refractivity contribution in [1.82, 2.24) is 15.5 Å². The van der Waals surface area contributed by atoms with Gasteiger partial charge in [-0.25, -0.2) is 0 Å². The molecule has 3 unspecified atom stereocenters. The standard InChI is InChI=1S/C28H41N3O4S/c1-3-11-19(2)30-26(34)24-28-15-14-21(36-28)22(25(33)29-18-20-12-7-6-8-13-20)23(28)27(35)31(24)16-9-4-5-10-17-32/h6-8,12-13,19,21-24,32H,3-5,9-11,14-18H2,1-2H3,(H,29,33)(H,30,34)/t19?,21-,22+,23-,24?,28?/m0/s1. The Morgan fingerprint density at radius 1 is 1.17 bits per heavy atom. The molecule has 3 aliphatic rings. The Hall–Kier alpha value is -2.06. The number of hydrogen-bond donors (Lipinski definition) is 3. The van der Waals surface area contributed by atoms with E-state index in [1.54, 1.807) is 16.7 Å². The van der Waals surface area contributed by atoms with Crippen molar-refractivity contribution in [2.75, 3.05) is 13.2 Å². The van der Waals surface area contributed by atoms with Gasteiger partial charge in [0, 0.05) is 31.0 Å². The normalized spacial score (nSPS) is 29.3. The first-order valence-corrected chi connectivity index (χ1v) is 14.5. The van der Waals surface area contributed by atoms with Gasteiger partial charge in [0.25, 0.3) is 0 Å². The molecule has 2 bridgehead atoms. The molecule has 4 rings (SSSR count). The lowest BCUT2D eigenvalue weighted by molar-refractivity contribution is -0.140. The van der Waals surface area contributed by atoms with Crippen LogP contribution in [-0.2, 0) is 20.9 Å². The van der Waals surface area contributed by atoms with Crippen LogP contribution >= 0.6 is 11.8 Å². The lowest BCUT2D eigenvalue weighted by Crippen LogP contribution is -2.55. The Morgan fingerprint density at radius 3 is 2.64 bits per heavy atom. The van der Waals surface area contributed by atoms with Crippen LogP contribution in [0.1, 0.15) is 70.8 Å². The lowest BCUT2D eigenvalue weighted by atomic mass is 9.70. The van der Waals surface area contributed by atoms with E-state index >= 15 is 0 Å². The fourth-order valence-electron chi connectivity index (χ4n) is 6.47. The topological polar surface area (TPSA) is 98.7 Å². The van der Waals surface area contributed by atoms with Crippen LogP contribution < -0.4 is 10.6 Å². The number of nitrogens with one attached hydrogen (secondary N) is 2. The number of rotatable bonds is 13. The maximum atomic E-state index is 13.9. The van der Waals surface area contributed by atoms with Gasteiger partial charge in [-0.1, -0.05) is 56.5 Å². The molecule has 3 heterocycles. The summed E-state index contributed by atoms with van der Waals surface area (Å²) in [6.07, 6.45) is 6.87. The summed E-state index contributed by atoms with van der Waals surface area (Å²) in [5.41, 5.74) is 1.03. The Labute approximate surface area is 219 Å². The first-order valence-electron chi connectivity index (χ1n) is 13.6. The third-order valence-electron chi connectivity index (χ3n) is 8.08. The van der Waals surface area contributed by atoms with Crippen molar-refractivity contribution in [2.24, 2.45) is 11.8 Å². The largest absolute Gasteiger partial charge is 0.396 e. The zero-order valence-electron chi connectivity index (χ0n) is 21.6. The van der Waals surface area contributed by atoms with E-state index in [1.165, 1.54) is 0 Å². The van der Waals surface area contributed by atoms with Gasteiger partial charge in [-0.05, 0) is 44.6 Å². The number of benzene rings is 1. The monoisotopic (exact) mass is 515 g/mol. The van der Waals surface area contributed by atoms with E-state index in [4.69, 9.17) is 5.11 Å². The Bertz CT molecular complexity index is 929. The molecule has 3 aliphatic heterocycles. The third kappa shape index (κ3) is 5.30. The number of aliphatic hydroxyl groups is 1. The third-order valence-corrected chi connectivity index (χ3v) is 10.0. The van der Waals surface area contributed by atoms with Gasteiger partial charge in [0.05, 0.1) is 16.6 Å². The predicted molar refractivity (Wildman–Crippen MR) is 142 cm³/mol. The van der Waals surface area contributed by atoms with Gasteiger partial charge in [-0.15, -0.1) is 11.8 Å². The summed E-state index contributed by atoms with van der Waals surface area (Å²) in [7, 11) is 0. The van der Waals surface area contributed by atoms with Crippen molar-refractivity contribution in [3.63, 3.8) is 0 Å². The maximum Gasteiger partial charge on any atom is 0.244 e. The van der Waals surface area contributed by atoms with Crippen LogP contribution in [0.3, 0.4) is 0 Å². The predicted octanol–water partition coefficient (Wildman–Crippen LogP) is 3.25. The molecular formula is C28H41N3O4S. The van der Waals surface area contributed by atoms with Gasteiger partial charge in [-0.2, -0.15) is 0 Å². The zero-order chi connectivity index (χ0) is 25.7. The van der Waals surface area contributed by atoms with Crippen molar-refractivity contribution < 1.29 is 19.5 Å². The summed E-state index contributed by atoms with van der Waals surface area (Å²) in [6, 6.07) is 9.33. The molecule has 198 valence electrons. The number of thioether (sulfide) groups is 1. The summed E-state index contributed by atoms with van der Waals surface area (Å²) < 4.78 is -0.530. The quantitative estimate of drug-likeness (QED) is 0.350. The van der Waals surface area contributed by atoms with Crippen molar-refractivity contribution in [3.8, 4) is 0 Å². The van der Waals surface area contributed by atoms with E-state index < -0.39 is 22.6 Å². The van der Waals surface area contributed by atoms with Crippen LogP contribution in [-0.4, -0.2) is 63.0 Å². The highest BCUT2D eigenvalue weighted by Gasteiger charge is 2.73. The van der Waals surface area contributed by atoms with Crippen LogP contribution in [0.5, 0.6) is 0 Å². The molecule has 8 heteroatoms. The second-order valence-corrected chi connectivity index (χ2v) is 12.2. The number of carbonyl (C=O) groups is 3. The van der Waals surface area contributed by atoms with Crippen molar-refractivity contribution in [2.45, 2.75) is 93.8 Å². The van der Waals surface area contributed by atoms with E-state index in [1.807, 2.05) is 37.3 Å². The summed E-state index contributed by atoms with van der Waals surface area (Å²) >= 11 is 1.72. The molecule has 7 nitrogen and oxygen atoms in total. The molecule has 36 heavy (non-hydrogen) atoms. The number of aliphatic hydroxyl groups excluding tert-OH is 1. The second-order valence-electron chi connectivity index (χ2n) is 10.6. The molecule has 0 aliphatic carbocycles. The minimum atomic E-state index is -0.533. The summed E-state index contributed by atoms with van der Waals surface area (Å²) in [5.74, 6) is -1.02. The number of amides is 3. The highest BCUT2D eigenvalue weighted by Crippen LogP contribution is 2.66. The van der Waals surface area contributed by atoms with Crippen LogP contribution in [0, 0.1) is 11.8 Å². The average molecular weight is 516 g/mol. The number of nitrogens with zero attached hydrogens (tertiary/aromatic N) is 1. The van der Waals surface area contributed by atoms with Gasteiger partial charge >= 0.3 is 0 Å². The number of carbonyl (C=O) groups excluding carboxylic acids is 3. The Kier molecular flexibility index (Phi) is 8.99. The molecule has 0 saturated carbocycles. The van der Waals surface area contributed by atoms with E-state index in [-0.39, 0.29) is 35.6 Å².